The quantitative estimate of drug-likeness (QED) is 0.405. The van der Waals surface area contributed by atoms with Gasteiger partial charge in [-0.05, 0) is 42.0 Å². The summed E-state index contributed by atoms with van der Waals surface area (Å²) < 4.78 is 21.9. The summed E-state index contributed by atoms with van der Waals surface area (Å²) >= 11 is 0. The molecule has 4 rings (SSSR count). The molecule has 0 bridgehead atoms. The van der Waals surface area contributed by atoms with Gasteiger partial charge in [-0.2, -0.15) is 0 Å². The van der Waals surface area contributed by atoms with Crippen molar-refractivity contribution in [2.75, 3.05) is 26.5 Å². The van der Waals surface area contributed by atoms with E-state index in [1.54, 1.807) is 41.5 Å². The zero-order chi connectivity index (χ0) is 23.8. The number of hydrogen-bond acceptors (Lipinski definition) is 6. The fraction of sp³-hybridized carbons (Fsp3) is 0.231. The second-order valence-electron chi connectivity index (χ2n) is 7.68. The van der Waals surface area contributed by atoms with Crippen molar-refractivity contribution in [3.8, 4) is 17.2 Å². The normalized spacial score (nSPS) is 11.6. The number of benzene rings is 2. The number of carbonyl (C=O) groups excluding carboxylic acids is 2. The summed E-state index contributed by atoms with van der Waals surface area (Å²) in [6.45, 7) is 4.40. The number of nitrogens with zero attached hydrogens (tertiary/aromatic N) is 2. The summed E-state index contributed by atoms with van der Waals surface area (Å²) in [7, 11) is 0. The minimum atomic E-state index is -0.307. The van der Waals surface area contributed by atoms with E-state index in [4.69, 9.17) is 18.6 Å². The van der Waals surface area contributed by atoms with Crippen LogP contribution in [0.25, 0.3) is 0 Å². The highest BCUT2D eigenvalue weighted by atomic mass is 16.7. The van der Waals surface area contributed by atoms with E-state index in [9.17, 15) is 9.59 Å². The molecule has 8 heteroatoms. The molecule has 8 nitrogen and oxygen atoms in total. The molecule has 0 atom stereocenters. The van der Waals surface area contributed by atoms with Gasteiger partial charge in [0.25, 0.3) is 5.91 Å². The lowest BCUT2D eigenvalue weighted by Gasteiger charge is -2.27. The van der Waals surface area contributed by atoms with E-state index in [1.165, 1.54) is 4.90 Å². The van der Waals surface area contributed by atoms with Gasteiger partial charge in [-0.3, -0.25) is 9.59 Å². The van der Waals surface area contributed by atoms with E-state index in [1.807, 2.05) is 36.4 Å². The van der Waals surface area contributed by atoms with Gasteiger partial charge in [0, 0.05) is 13.1 Å². The molecule has 1 aliphatic heterocycles. The van der Waals surface area contributed by atoms with Crippen molar-refractivity contribution in [1.29, 1.82) is 0 Å². The summed E-state index contributed by atoms with van der Waals surface area (Å²) in [4.78, 5) is 29.2. The van der Waals surface area contributed by atoms with Crippen molar-refractivity contribution in [2.45, 2.75) is 13.1 Å². The highest BCUT2D eigenvalue weighted by Crippen LogP contribution is 2.33. The third-order valence-corrected chi connectivity index (χ3v) is 5.22. The molecule has 1 aliphatic rings. The minimum Gasteiger partial charge on any atom is -0.484 e. The zero-order valence-electron chi connectivity index (χ0n) is 18.7. The molecule has 2 aromatic carbocycles. The molecule has 34 heavy (non-hydrogen) atoms. The highest BCUT2D eigenvalue weighted by molar-refractivity contribution is 5.85. The van der Waals surface area contributed by atoms with Crippen LogP contribution in [0.15, 0.2) is 84.0 Å². The number of fused-ring (bicyclic) bond motifs is 1. The van der Waals surface area contributed by atoms with Crippen molar-refractivity contribution < 1.29 is 28.2 Å². The standard InChI is InChI=1S/C26H26N2O6/c1-2-12-27(26(30)18-32-21-7-4-3-5-8-21)17-25(29)28(16-22-9-6-13-31-22)15-20-10-11-23-24(14-20)34-19-33-23/h2-11,13-14H,1,12,15-19H2. The van der Waals surface area contributed by atoms with Crippen LogP contribution in [0.5, 0.6) is 17.2 Å². The molecule has 2 amide bonds. The molecule has 0 radical (unpaired) electrons. The van der Waals surface area contributed by atoms with Gasteiger partial charge >= 0.3 is 0 Å². The average molecular weight is 463 g/mol. The number of ether oxygens (including phenoxy) is 3. The Morgan fingerprint density at radius 3 is 2.53 bits per heavy atom. The maximum absolute atomic E-state index is 13.3. The number of para-hydroxylation sites is 1. The molecule has 0 N–H and O–H groups in total. The summed E-state index contributed by atoms with van der Waals surface area (Å²) in [6, 6.07) is 18.2. The Labute approximate surface area is 197 Å². The van der Waals surface area contributed by atoms with Gasteiger partial charge in [-0.1, -0.05) is 30.3 Å². The first-order valence-electron chi connectivity index (χ1n) is 10.9. The number of hydrogen-bond donors (Lipinski definition) is 0. The van der Waals surface area contributed by atoms with Gasteiger partial charge in [0.15, 0.2) is 18.1 Å². The second-order valence-corrected chi connectivity index (χ2v) is 7.68. The Kier molecular flexibility index (Phi) is 7.49. The largest absolute Gasteiger partial charge is 0.484 e. The lowest BCUT2D eigenvalue weighted by atomic mass is 10.2. The second kappa shape index (κ2) is 11.1. The van der Waals surface area contributed by atoms with Crippen LogP contribution in [-0.2, 0) is 22.7 Å². The van der Waals surface area contributed by atoms with Gasteiger partial charge < -0.3 is 28.4 Å². The molecule has 0 aliphatic carbocycles. The summed E-state index contributed by atoms with van der Waals surface area (Å²) in [5.41, 5.74) is 0.873. The Morgan fingerprint density at radius 1 is 0.941 bits per heavy atom. The molecule has 3 aromatic rings. The van der Waals surface area contributed by atoms with E-state index >= 15 is 0 Å². The van der Waals surface area contributed by atoms with Crippen LogP contribution in [0.4, 0.5) is 0 Å². The minimum absolute atomic E-state index is 0.117. The van der Waals surface area contributed by atoms with E-state index in [-0.39, 0.29) is 44.8 Å². The number of carbonyl (C=O) groups is 2. The van der Waals surface area contributed by atoms with Crippen LogP contribution < -0.4 is 14.2 Å². The summed E-state index contributed by atoms with van der Waals surface area (Å²) in [5, 5.41) is 0. The zero-order valence-corrected chi connectivity index (χ0v) is 18.7. The van der Waals surface area contributed by atoms with Gasteiger partial charge in [0.05, 0.1) is 12.8 Å². The molecule has 0 saturated heterocycles. The van der Waals surface area contributed by atoms with Gasteiger partial charge in [-0.15, -0.1) is 6.58 Å². The van der Waals surface area contributed by atoms with E-state index in [2.05, 4.69) is 6.58 Å². The van der Waals surface area contributed by atoms with Crippen LogP contribution in [0.1, 0.15) is 11.3 Å². The molecule has 0 saturated carbocycles. The lowest BCUT2D eigenvalue weighted by molar-refractivity contribution is -0.142. The number of rotatable bonds is 11. The molecule has 1 aromatic heterocycles. The Bertz CT molecular complexity index is 1110. The van der Waals surface area contributed by atoms with Crippen LogP contribution in [0, 0.1) is 0 Å². The molecular formula is C26H26N2O6. The Hall–Kier alpha value is -4.20. The first kappa shape index (κ1) is 23.0. The molecule has 2 heterocycles. The van der Waals surface area contributed by atoms with E-state index in [0.29, 0.717) is 29.6 Å². The van der Waals surface area contributed by atoms with Crippen molar-refractivity contribution in [3.05, 3.63) is 90.9 Å². The summed E-state index contributed by atoms with van der Waals surface area (Å²) in [6.07, 6.45) is 3.15. The van der Waals surface area contributed by atoms with Crippen LogP contribution in [0.3, 0.4) is 0 Å². The molecule has 0 spiro atoms. The van der Waals surface area contributed by atoms with Crippen LogP contribution in [-0.4, -0.2) is 48.1 Å². The van der Waals surface area contributed by atoms with Crippen LogP contribution >= 0.6 is 0 Å². The highest BCUT2D eigenvalue weighted by Gasteiger charge is 2.23. The summed E-state index contributed by atoms with van der Waals surface area (Å²) in [5.74, 6) is 2.01. The fourth-order valence-electron chi connectivity index (χ4n) is 3.51. The van der Waals surface area contributed by atoms with Crippen molar-refractivity contribution in [3.63, 3.8) is 0 Å². The fourth-order valence-corrected chi connectivity index (χ4v) is 3.51. The van der Waals surface area contributed by atoms with Gasteiger partial charge in [-0.25, -0.2) is 0 Å². The Morgan fingerprint density at radius 2 is 1.76 bits per heavy atom. The first-order chi connectivity index (χ1) is 16.6. The number of amides is 2. The van der Waals surface area contributed by atoms with E-state index in [0.717, 1.165) is 5.56 Å². The topological polar surface area (TPSA) is 81.5 Å². The third kappa shape index (κ3) is 5.98. The van der Waals surface area contributed by atoms with Crippen molar-refractivity contribution in [2.24, 2.45) is 0 Å². The molecular weight excluding hydrogens is 436 g/mol. The smallest absolute Gasteiger partial charge is 0.261 e. The monoisotopic (exact) mass is 462 g/mol. The lowest BCUT2D eigenvalue weighted by Crippen LogP contribution is -2.44. The molecule has 176 valence electrons. The molecule has 0 fully saturated rings. The maximum atomic E-state index is 13.3. The maximum Gasteiger partial charge on any atom is 0.261 e. The average Bonchev–Trinajstić information content (AvgIpc) is 3.54. The van der Waals surface area contributed by atoms with Gasteiger partial charge in [0.1, 0.15) is 18.1 Å². The van der Waals surface area contributed by atoms with E-state index < -0.39 is 0 Å². The van der Waals surface area contributed by atoms with Crippen LogP contribution in [0.2, 0.25) is 0 Å². The number of furan rings is 1. The third-order valence-electron chi connectivity index (χ3n) is 5.22. The predicted octanol–water partition coefficient (Wildman–Crippen LogP) is 3.63. The SMILES string of the molecule is C=CCN(CC(=O)N(Cc1ccc2c(c1)OCO2)Cc1ccco1)C(=O)COc1ccccc1. The predicted molar refractivity (Wildman–Crippen MR) is 124 cm³/mol. The van der Waals surface area contributed by atoms with Crippen molar-refractivity contribution in [1.82, 2.24) is 9.80 Å². The van der Waals surface area contributed by atoms with Gasteiger partial charge in [0.2, 0.25) is 12.7 Å². The Balaban J connectivity index is 1.44. The molecule has 0 unspecified atom stereocenters. The van der Waals surface area contributed by atoms with Crippen molar-refractivity contribution >= 4 is 11.8 Å². The first-order valence-corrected chi connectivity index (χ1v) is 10.9.